The van der Waals surface area contributed by atoms with Gasteiger partial charge in [-0.2, -0.15) is 5.10 Å². The molecule has 5 heteroatoms. The van der Waals surface area contributed by atoms with E-state index in [1.54, 1.807) is 6.20 Å². The minimum absolute atomic E-state index is 0.293. The lowest BCUT2D eigenvalue weighted by Gasteiger charge is -2.17. The van der Waals surface area contributed by atoms with Gasteiger partial charge >= 0.3 is 0 Å². The summed E-state index contributed by atoms with van der Waals surface area (Å²) in [6.07, 6.45) is 4.74. The van der Waals surface area contributed by atoms with Crippen LogP contribution >= 0.6 is 11.6 Å². The lowest BCUT2D eigenvalue weighted by molar-refractivity contribution is 0.660. The molecule has 0 aliphatic carbocycles. The highest BCUT2D eigenvalue weighted by Gasteiger charge is 2.15. The molecule has 2 aromatic heterocycles. The van der Waals surface area contributed by atoms with E-state index in [0.717, 1.165) is 23.9 Å². The van der Waals surface area contributed by atoms with Gasteiger partial charge in [0.1, 0.15) is 0 Å². The van der Waals surface area contributed by atoms with Crippen molar-refractivity contribution in [1.29, 1.82) is 0 Å². The Kier molecular flexibility index (Phi) is 4.18. The summed E-state index contributed by atoms with van der Waals surface area (Å²) in [6.45, 7) is 0.941. The van der Waals surface area contributed by atoms with Crippen LogP contribution in [0.15, 0.2) is 42.7 Å². The topological polar surface area (TPSA) is 53.6 Å². The van der Waals surface area contributed by atoms with Crippen molar-refractivity contribution in [1.82, 2.24) is 20.5 Å². The first-order valence-corrected chi connectivity index (χ1v) is 7.35. The van der Waals surface area contributed by atoms with E-state index < -0.39 is 0 Å². The number of H-pyrrole nitrogens is 1. The lowest BCUT2D eigenvalue weighted by atomic mass is 9.89. The quantitative estimate of drug-likeness (QED) is 0.760. The fraction of sp³-hybridized carbons (Fsp3) is 0.250. The van der Waals surface area contributed by atoms with Gasteiger partial charge in [0.2, 0.25) is 0 Å². The van der Waals surface area contributed by atoms with Crippen molar-refractivity contribution >= 4 is 22.5 Å². The number of aromatic nitrogens is 3. The van der Waals surface area contributed by atoms with Gasteiger partial charge in [-0.1, -0.05) is 23.7 Å². The predicted octanol–water partition coefficient (Wildman–Crippen LogP) is 3.35. The average molecular weight is 301 g/mol. The summed E-state index contributed by atoms with van der Waals surface area (Å²) >= 11 is 6.13. The molecule has 2 heterocycles. The number of halogens is 1. The number of fused-ring (bicyclic) bond motifs is 1. The molecule has 2 N–H and O–H groups in total. The number of rotatable bonds is 5. The molecule has 0 aliphatic heterocycles. The molecular weight excluding hydrogens is 284 g/mol. The van der Waals surface area contributed by atoms with Gasteiger partial charge in [0.05, 0.1) is 5.52 Å². The first kappa shape index (κ1) is 14.0. The Morgan fingerprint density at radius 1 is 1.29 bits per heavy atom. The van der Waals surface area contributed by atoms with Crippen LogP contribution in [0.5, 0.6) is 0 Å². The summed E-state index contributed by atoms with van der Waals surface area (Å²) in [5.41, 5.74) is 3.41. The third-order valence-electron chi connectivity index (χ3n) is 3.71. The summed E-state index contributed by atoms with van der Waals surface area (Å²) in [4.78, 5) is 4.24. The van der Waals surface area contributed by atoms with Gasteiger partial charge in [0.25, 0.3) is 0 Å². The Morgan fingerprint density at radius 2 is 2.19 bits per heavy atom. The van der Waals surface area contributed by atoms with Gasteiger partial charge in [-0.25, -0.2) is 0 Å². The highest BCUT2D eigenvalue weighted by molar-refractivity contribution is 6.34. The number of nitrogens with zero attached hydrogens (tertiary/aromatic N) is 2. The van der Waals surface area contributed by atoms with E-state index in [-0.39, 0.29) is 0 Å². The van der Waals surface area contributed by atoms with Crippen LogP contribution in [0.4, 0.5) is 0 Å². The Morgan fingerprint density at radius 3 is 2.95 bits per heavy atom. The smallest absolute Gasteiger partial charge is 0.158 e. The zero-order valence-electron chi connectivity index (χ0n) is 11.8. The van der Waals surface area contributed by atoms with Crippen LogP contribution in [0, 0.1) is 0 Å². The van der Waals surface area contributed by atoms with Gasteiger partial charge in [-0.15, -0.1) is 0 Å². The summed E-state index contributed by atoms with van der Waals surface area (Å²) < 4.78 is 0. The van der Waals surface area contributed by atoms with Crippen LogP contribution in [0.25, 0.3) is 10.9 Å². The van der Waals surface area contributed by atoms with Crippen molar-refractivity contribution in [3.8, 4) is 0 Å². The molecule has 0 spiro atoms. The Labute approximate surface area is 128 Å². The van der Waals surface area contributed by atoms with Crippen molar-refractivity contribution in [2.75, 3.05) is 13.6 Å². The highest BCUT2D eigenvalue weighted by Crippen LogP contribution is 2.31. The van der Waals surface area contributed by atoms with Crippen molar-refractivity contribution in [2.24, 2.45) is 0 Å². The maximum absolute atomic E-state index is 6.13. The summed E-state index contributed by atoms with van der Waals surface area (Å²) in [5.74, 6) is 0.293. The molecular formula is C16H17ClN4. The van der Waals surface area contributed by atoms with E-state index in [2.05, 4.69) is 38.7 Å². The van der Waals surface area contributed by atoms with Gasteiger partial charge in [-0.3, -0.25) is 10.1 Å². The molecule has 1 atom stereocenters. The molecule has 1 aromatic carbocycles. The SMILES string of the molecule is CNCCC(c1cccnc1)c1ccc2[nH]nc(Cl)c2c1. The number of nitrogens with one attached hydrogen (secondary N) is 2. The summed E-state index contributed by atoms with van der Waals surface area (Å²) in [7, 11) is 1.97. The largest absolute Gasteiger partial charge is 0.320 e. The molecule has 0 amide bonds. The van der Waals surface area contributed by atoms with Crippen molar-refractivity contribution in [3.63, 3.8) is 0 Å². The normalized spacial score (nSPS) is 12.7. The molecule has 0 aliphatic rings. The maximum Gasteiger partial charge on any atom is 0.158 e. The van der Waals surface area contributed by atoms with Crippen molar-refractivity contribution < 1.29 is 0 Å². The summed E-state index contributed by atoms with van der Waals surface area (Å²) in [6, 6.07) is 10.4. The predicted molar refractivity (Wildman–Crippen MR) is 85.7 cm³/mol. The van der Waals surface area contributed by atoms with Crippen LogP contribution in [0.2, 0.25) is 5.15 Å². The second kappa shape index (κ2) is 6.24. The van der Waals surface area contributed by atoms with Crippen molar-refractivity contribution in [2.45, 2.75) is 12.3 Å². The Balaban J connectivity index is 2.02. The first-order valence-electron chi connectivity index (χ1n) is 6.97. The van der Waals surface area contributed by atoms with Gasteiger partial charge in [-0.05, 0) is 49.3 Å². The molecule has 21 heavy (non-hydrogen) atoms. The number of pyridine rings is 1. The molecule has 0 saturated heterocycles. The maximum atomic E-state index is 6.13. The molecule has 0 bridgehead atoms. The molecule has 0 fully saturated rings. The minimum Gasteiger partial charge on any atom is -0.320 e. The van der Waals surface area contributed by atoms with Crippen LogP contribution in [-0.4, -0.2) is 28.8 Å². The van der Waals surface area contributed by atoms with Crippen LogP contribution < -0.4 is 5.32 Å². The van der Waals surface area contributed by atoms with Gasteiger partial charge in [0.15, 0.2) is 5.15 Å². The van der Waals surface area contributed by atoms with E-state index >= 15 is 0 Å². The Hall–Kier alpha value is -1.91. The van der Waals surface area contributed by atoms with Gasteiger partial charge < -0.3 is 5.32 Å². The van der Waals surface area contributed by atoms with E-state index in [4.69, 9.17) is 11.6 Å². The fourth-order valence-corrected chi connectivity index (χ4v) is 2.81. The third-order valence-corrected chi connectivity index (χ3v) is 4.00. The highest BCUT2D eigenvalue weighted by atomic mass is 35.5. The van der Waals surface area contributed by atoms with E-state index in [1.165, 1.54) is 11.1 Å². The third kappa shape index (κ3) is 2.91. The van der Waals surface area contributed by atoms with Crippen molar-refractivity contribution in [3.05, 3.63) is 59.0 Å². The van der Waals surface area contributed by atoms with E-state index in [1.807, 2.05) is 25.4 Å². The number of aromatic amines is 1. The van der Waals surface area contributed by atoms with E-state index in [0.29, 0.717) is 11.1 Å². The molecule has 4 nitrogen and oxygen atoms in total. The molecule has 1 unspecified atom stereocenters. The average Bonchev–Trinajstić information content (AvgIpc) is 2.90. The zero-order chi connectivity index (χ0) is 14.7. The molecule has 3 aromatic rings. The summed E-state index contributed by atoms with van der Waals surface area (Å²) in [5, 5.41) is 11.7. The molecule has 0 saturated carbocycles. The monoisotopic (exact) mass is 300 g/mol. The van der Waals surface area contributed by atoms with Crippen LogP contribution in [0.3, 0.4) is 0 Å². The molecule has 3 rings (SSSR count). The van der Waals surface area contributed by atoms with Crippen LogP contribution in [0.1, 0.15) is 23.5 Å². The standard InChI is InChI=1S/C16H17ClN4/c1-18-8-6-13(12-3-2-7-19-10-12)11-4-5-15-14(9-11)16(17)21-20-15/h2-5,7,9-10,13,18H,6,8H2,1H3,(H,20,21). The second-order valence-corrected chi connectivity index (χ2v) is 5.41. The van der Waals surface area contributed by atoms with Gasteiger partial charge in [0, 0.05) is 23.7 Å². The second-order valence-electron chi connectivity index (χ2n) is 5.05. The number of hydrogen-bond donors (Lipinski definition) is 2. The number of benzene rings is 1. The Bertz CT molecular complexity index is 723. The van der Waals surface area contributed by atoms with E-state index in [9.17, 15) is 0 Å². The van der Waals surface area contributed by atoms with Crippen LogP contribution in [-0.2, 0) is 0 Å². The number of hydrogen-bond acceptors (Lipinski definition) is 3. The zero-order valence-corrected chi connectivity index (χ0v) is 12.6. The lowest BCUT2D eigenvalue weighted by Crippen LogP contribution is -2.13. The fourth-order valence-electron chi connectivity index (χ4n) is 2.61. The molecule has 108 valence electrons. The minimum atomic E-state index is 0.293. The molecule has 0 radical (unpaired) electrons. The first-order chi connectivity index (χ1) is 10.3.